The van der Waals surface area contributed by atoms with Gasteiger partial charge in [-0.25, -0.2) is 0 Å². The van der Waals surface area contributed by atoms with Crippen LogP contribution in [-0.2, 0) is 12.6 Å². The fourth-order valence-electron chi connectivity index (χ4n) is 2.43. The molecule has 20 heavy (non-hydrogen) atoms. The minimum absolute atomic E-state index is 0.0292. The molecule has 0 bridgehead atoms. The molecule has 5 heteroatoms. The van der Waals surface area contributed by atoms with E-state index in [1.807, 2.05) is 18.2 Å². The highest BCUT2D eigenvalue weighted by atomic mass is 79.9. The van der Waals surface area contributed by atoms with Gasteiger partial charge in [0.1, 0.15) is 0 Å². The predicted molar refractivity (Wildman–Crippen MR) is 75.7 cm³/mol. The summed E-state index contributed by atoms with van der Waals surface area (Å²) in [6, 6.07) is 11.4. The zero-order chi connectivity index (χ0) is 14.3. The van der Waals surface area contributed by atoms with Crippen LogP contribution in [0.3, 0.4) is 0 Å². The van der Waals surface area contributed by atoms with Crippen LogP contribution in [0.1, 0.15) is 22.7 Å². The van der Waals surface area contributed by atoms with Gasteiger partial charge in [0, 0.05) is 10.2 Å². The maximum absolute atomic E-state index is 12.5. The normalized spacial score (nSPS) is 17.7. The van der Waals surface area contributed by atoms with Gasteiger partial charge >= 0.3 is 6.18 Å². The van der Waals surface area contributed by atoms with Crippen molar-refractivity contribution in [3.05, 3.63) is 63.6 Å². The van der Waals surface area contributed by atoms with Crippen molar-refractivity contribution in [1.82, 2.24) is 0 Å². The van der Waals surface area contributed by atoms with Gasteiger partial charge in [0.2, 0.25) is 0 Å². The van der Waals surface area contributed by atoms with Gasteiger partial charge in [-0.2, -0.15) is 13.2 Å². The van der Waals surface area contributed by atoms with Crippen LogP contribution in [0, 0.1) is 0 Å². The Hall–Kier alpha value is -1.49. The molecule has 2 aromatic carbocycles. The molecule has 0 aromatic heterocycles. The standard InChI is InChI=1S/C15H11BrF3N/c16-12-6-3-10-7-13(20-14(10)8-12)9-1-4-11(5-2-9)15(17,18)19/h1-6,8,13,20H,7H2. The first-order valence-electron chi connectivity index (χ1n) is 6.15. The molecule has 1 atom stereocenters. The average molecular weight is 342 g/mol. The largest absolute Gasteiger partial charge is 0.416 e. The van der Waals surface area contributed by atoms with Crippen LogP contribution in [0.25, 0.3) is 0 Å². The van der Waals surface area contributed by atoms with Crippen LogP contribution < -0.4 is 5.32 Å². The first-order chi connectivity index (χ1) is 9.43. The van der Waals surface area contributed by atoms with Gasteiger partial charge in [0.15, 0.2) is 0 Å². The van der Waals surface area contributed by atoms with E-state index >= 15 is 0 Å². The molecule has 0 spiro atoms. The molecule has 0 aliphatic carbocycles. The van der Waals surface area contributed by atoms with Gasteiger partial charge < -0.3 is 5.32 Å². The van der Waals surface area contributed by atoms with E-state index in [2.05, 4.69) is 21.2 Å². The van der Waals surface area contributed by atoms with Crippen LogP contribution in [0.15, 0.2) is 46.9 Å². The molecule has 0 fully saturated rings. The topological polar surface area (TPSA) is 12.0 Å². The van der Waals surface area contributed by atoms with E-state index < -0.39 is 11.7 Å². The predicted octanol–water partition coefficient (Wildman–Crippen LogP) is 5.18. The van der Waals surface area contributed by atoms with Crippen molar-refractivity contribution in [2.45, 2.75) is 18.6 Å². The summed E-state index contributed by atoms with van der Waals surface area (Å²) < 4.78 is 38.6. The monoisotopic (exact) mass is 341 g/mol. The van der Waals surface area contributed by atoms with Gasteiger partial charge in [-0.05, 0) is 41.8 Å². The summed E-state index contributed by atoms with van der Waals surface area (Å²) in [5, 5.41) is 3.34. The summed E-state index contributed by atoms with van der Waals surface area (Å²) >= 11 is 3.41. The van der Waals surface area contributed by atoms with Crippen molar-refractivity contribution in [1.29, 1.82) is 0 Å². The van der Waals surface area contributed by atoms with Crippen molar-refractivity contribution in [3.63, 3.8) is 0 Å². The third-order valence-electron chi connectivity index (χ3n) is 3.47. The van der Waals surface area contributed by atoms with E-state index in [1.165, 1.54) is 5.56 Å². The molecule has 0 radical (unpaired) electrons. The second kappa shape index (κ2) is 4.81. The van der Waals surface area contributed by atoms with Gasteiger partial charge in [0.05, 0.1) is 11.6 Å². The van der Waals surface area contributed by atoms with Crippen LogP contribution in [0.5, 0.6) is 0 Å². The Morgan fingerprint density at radius 3 is 2.40 bits per heavy atom. The highest BCUT2D eigenvalue weighted by Crippen LogP contribution is 2.37. The molecule has 0 saturated heterocycles. The second-order valence-corrected chi connectivity index (χ2v) is 5.74. The lowest BCUT2D eigenvalue weighted by atomic mass is 10.0. The number of halogens is 4. The highest BCUT2D eigenvalue weighted by molar-refractivity contribution is 9.10. The zero-order valence-electron chi connectivity index (χ0n) is 10.3. The number of anilines is 1. The van der Waals surface area contributed by atoms with E-state index in [4.69, 9.17) is 0 Å². The summed E-state index contributed by atoms with van der Waals surface area (Å²) in [5.74, 6) is 0. The fourth-order valence-corrected chi connectivity index (χ4v) is 2.79. The Morgan fingerprint density at radius 2 is 1.75 bits per heavy atom. The Bertz CT molecular complexity index is 635. The molecule has 104 valence electrons. The molecule has 3 rings (SSSR count). The lowest BCUT2D eigenvalue weighted by molar-refractivity contribution is -0.137. The third kappa shape index (κ3) is 2.54. The quantitative estimate of drug-likeness (QED) is 0.753. The van der Waals surface area contributed by atoms with E-state index in [-0.39, 0.29) is 6.04 Å². The Balaban J connectivity index is 1.83. The van der Waals surface area contributed by atoms with Gasteiger partial charge in [-0.1, -0.05) is 34.1 Å². The smallest absolute Gasteiger partial charge is 0.378 e. The van der Waals surface area contributed by atoms with Crippen molar-refractivity contribution in [2.75, 3.05) is 5.32 Å². The Labute approximate surface area is 122 Å². The number of rotatable bonds is 1. The summed E-state index contributed by atoms with van der Waals surface area (Å²) in [6.07, 6.45) is -3.50. The molecule has 2 aromatic rings. The van der Waals surface area contributed by atoms with Crippen LogP contribution in [0.2, 0.25) is 0 Å². The summed E-state index contributed by atoms with van der Waals surface area (Å²) in [6.45, 7) is 0. The number of benzene rings is 2. The van der Waals surface area contributed by atoms with E-state index in [0.29, 0.717) is 0 Å². The van der Waals surface area contributed by atoms with Crippen LogP contribution >= 0.6 is 15.9 Å². The molecule has 1 aliphatic heterocycles. The third-order valence-corrected chi connectivity index (χ3v) is 3.96. The van der Waals surface area contributed by atoms with Gasteiger partial charge in [-0.15, -0.1) is 0 Å². The molecule has 0 saturated carbocycles. The molecule has 0 amide bonds. The van der Waals surface area contributed by atoms with E-state index in [9.17, 15) is 13.2 Å². The molecule has 1 unspecified atom stereocenters. The summed E-state index contributed by atoms with van der Waals surface area (Å²) in [4.78, 5) is 0. The summed E-state index contributed by atoms with van der Waals surface area (Å²) in [5.41, 5.74) is 2.46. The van der Waals surface area contributed by atoms with E-state index in [1.54, 1.807) is 12.1 Å². The molecular formula is C15H11BrF3N. The maximum Gasteiger partial charge on any atom is 0.416 e. The molecule has 1 N–H and O–H groups in total. The Kier molecular flexibility index (Phi) is 3.24. The number of nitrogens with one attached hydrogen (secondary N) is 1. The first kappa shape index (κ1) is 13.5. The number of hydrogen-bond acceptors (Lipinski definition) is 1. The lowest BCUT2D eigenvalue weighted by Crippen LogP contribution is -2.08. The molecular weight excluding hydrogens is 331 g/mol. The van der Waals surface area contributed by atoms with Gasteiger partial charge in [0.25, 0.3) is 0 Å². The van der Waals surface area contributed by atoms with Crippen molar-refractivity contribution < 1.29 is 13.2 Å². The minimum atomic E-state index is -4.28. The average Bonchev–Trinajstić information content (AvgIpc) is 2.80. The van der Waals surface area contributed by atoms with Crippen molar-refractivity contribution in [3.8, 4) is 0 Å². The lowest BCUT2D eigenvalue weighted by Gasteiger charge is -2.13. The second-order valence-electron chi connectivity index (χ2n) is 4.82. The number of hydrogen-bond donors (Lipinski definition) is 1. The first-order valence-corrected chi connectivity index (χ1v) is 6.95. The maximum atomic E-state index is 12.5. The minimum Gasteiger partial charge on any atom is -0.378 e. The van der Waals surface area contributed by atoms with Crippen molar-refractivity contribution in [2.24, 2.45) is 0 Å². The van der Waals surface area contributed by atoms with Crippen molar-refractivity contribution >= 4 is 21.6 Å². The SMILES string of the molecule is FC(F)(F)c1ccc(C2Cc3ccc(Br)cc3N2)cc1. The fraction of sp³-hybridized carbons (Fsp3) is 0.200. The molecule has 1 nitrogen and oxygen atoms in total. The van der Waals surface area contributed by atoms with Gasteiger partial charge in [-0.3, -0.25) is 0 Å². The number of alkyl halides is 3. The number of fused-ring (bicyclic) bond motifs is 1. The van der Waals surface area contributed by atoms with Crippen LogP contribution in [0.4, 0.5) is 18.9 Å². The zero-order valence-corrected chi connectivity index (χ0v) is 11.9. The Morgan fingerprint density at radius 1 is 1.05 bits per heavy atom. The van der Waals surface area contributed by atoms with Crippen LogP contribution in [-0.4, -0.2) is 0 Å². The van der Waals surface area contributed by atoms with E-state index in [0.717, 1.165) is 34.3 Å². The molecule has 1 aliphatic rings. The highest BCUT2D eigenvalue weighted by Gasteiger charge is 2.30. The molecule has 1 heterocycles. The summed E-state index contributed by atoms with van der Waals surface area (Å²) in [7, 11) is 0.